The number of nitrogens with one attached hydrogen (secondary N) is 1. The first-order valence-electron chi connectivity index (χ1n) is 4.87. The van der Waals surface area contributed by atoms with Crippen LogP contribution in [0.5, 0.6) is 0 Å². The van der Waals surface area contributed by atoms with Gasteiger partial charge in [0.25, 0.3) is 0 Å². The van der Waals surface area contributed by atoms with E-state index in [2.05, 4.69) is 31.0 Å². The zero-order valence-electron chi connectivity index (χ0n) is 8.83. The van der Waals surface area contributed by atoms with Crippen molar-refractivity contribution >= 4 is 0 Å². The third-order valence-corrected chi connectivity index (χ3v) is 2.76. The molecule has 1 N–H and O–H groups in total. The van der Waals surface area contributed by atoms with Crippen molar-refractivity contribution in [1.82, 2.24) is 4.98 Å². The van der Waals surface area contributed by atoms with E-state index in [0.29, 0.717) is 5.56 Å². The number of benzene rings is 1. The second-order valence-electron chi connectivity index (χ2n) is 3.64. The second-order valence-corrected chi connectivity index (χ2v) is 3.64. The number of aromatic amines is 1. The maximum absolute atomic E-state index is 8.96. The van der Waals surface area contributed by atoms with Crippen molar-refractivity contribution in [2.24, 2.45) is 0 Å². The van der Waals surface area contributed by atoms with Gasteiger partial charge < -0.3 is 4.98 Å². The third-order valence-electron chi connectivity index (χ3n) is 2.76. The van der Waals surface area contributed by atoms with Crippen LogP contribution < -0.4 is 0 Å². The highest BCUT2D eigenvalue weighted by atomic mass is 14.6. The van der Waals surface area contributed by atoms with E-state index in [1.165, 1.54) is 11.1 Å². The molecule has 0 saturated heterocycles. The summed E-state index contributed by atoms with van der Waals surface area (Å²) in [6.07, 6.45) is 3.61. The van der Waals surface area contributed by atoms with E-state index in [-0.39, 0.29) is 0 Å². The van der Waals surface area contributed by atoms with Crippen molar-refractivity contribution in [3.63, 3.8) is 0 Å². The fraction of sp³-hybridized carbons (Fsp3) is 0.154. The number of aromatic nitrogens is 1. The Kier molecular flexibility index (Phi) is 2.31. The van der Waals surface area contributed by atoms with Gasteiger partial charge in [-0.3, -0.25) is 0 Å². The summed E-state index contributed by atoms with van der Waals surface area (Å²) in [5, 5.41) is 8.96. The lowest BCUT2D eigenvalue weighted by Crippen LogP contribution is -1.87. The summed E-state index contributed by atoms with van der Waals surface area (Å²) in [5.74, 6) is 0. The van der Waals surface area contributed by atoms with Crippen LogP contribution in [0.2, 0.25) is 0 Å². The maximum atomic E-state index is 8.96. The standard InChI is InChI=1S/C13H12N2/c1-9-4-3-5-12(10(9)2)13-8-15-7-11(13)6-14/h3-5,7-8,15H,1-2H3. The van der Waals surface area contributed by atoms with Crippen LogP contribution in [0.1, 0.15) is 16.7 Å². The van der Waals surface area contributed by atoms with Gasteiger partial charge in [-0.1, -0.05) is 18.2 Å². The molecule has 2 heteroatoms. The van der Waals surface area contributed by atoms with Gasteiger partial charge in [0.15, 0.2) is 0 Å². The molecule has 74 valence electrons. The SMILES string of the molecule is Cc1cccc(-c2c[nH]cc2C#N)c1C. The number of hydrogen-bond donors (Lipinski definition) is 1. The van der Waals surface area contributed by atoms with Crippen molar-refractivity contribution in [3.8, 4) is 17.2 Å². The Morgan fingerprint density at radius 3 is 2.67 bits per heavy atom. The Hall–Kier alpha value is -2.01. The first-order valence-corrected chi connectivity index (χ1v) is 4.87. The molecule has 1 aromatic heterocycles. The maximum Gasteiger partial charge on any atom is 0.101 e. The molecule has 0 radical (unpaired) electrons. The zero-order valence-corrected chi connectivity index (χ0v) is 8.83. The molecule has 2 aromatic rings. The van der Waals surface area contributed by atoms with Gasteiger partial charge in [0.05, 0.1) is 5.56 Å². The summed E-state index contributed by atoms with van der Waals surface area (Å²) >= 11 is 0. The minimum absolute atomic E-state index is 0.698. The summed E-state index contributed by atoms with van der Waals surface area (Å²) in [4.78, 5) is 2.97. The lowest BCUT2D eigenvalue weighted by molar-refractivity contribution is 1.34. The first-order chi connectivity index (χ1) is 7.24. The van der Waals surface area contributed by atoms with Crippen molar-refractivity contribution in [2.45, 2.75) is 13.8 Å². The highest BCUT2D eigenvalue weighted by molar-refractivity contribution is 5.73. The molecular weight excluding hydrogens is 184 g/mol. The fourth-order valence-corrected chi connectivity index (χ4v) is 1.72. The lowest BCUT2D eigenvalue weighted by Gasteiger charge is -2.06. The molecular formula is C13H12N2. The van der Waals surface area contributed by atoms with Crippen LogP contribution in [0.15, 0.2) is 30.6 Å². The summed E-state index contributed by atoms with van der Waals surface area (Å²) in [5.41, 5.74) is 5.29. The molecule has 0 unspecified atom stereocenters. The first kappa shape index (κ1) is 9.54. The van der Waals surface area contributed by atoms with Crippen molar-refractivity contribution in [2.75, 3.05) is 0 Å². The molecule has 0 bridgehead atoms. The normalized spacial score (nSPS) is 9.93. The Balaban J connectivity index is 2.65. The largest absolute Gasteiger partial charge is 0.366 e. The molecule has 0 amide bonds. The van der Waals surface area contributed by atoms with Crippen LogP contribution in [0.25, 0.3) is 11.1 Å². The van der Waals surface area contributed by atoms with Crippen LogP contribution >= 0.6 is 0 Å². The Labute approximate surface area is 89.2 Å². The summed E-state index contributed by atoms with van der Waals surface area (Å²) in [7, 11) is 0. The van der Waals surface area contributed by atoms with Gasteiger partial charge in [0, 0.05) is 18.0 Å². The second kappa shape index (κ2) is 3.62. The minimum atomic E-state index is 0.698. The van der Waals surface area contributed by atoms with Crippen molar-refractivity contribution in [3.05, 3.63) is 47.3 Å². The minimum Gasteiger partial charge on any atom is -0.366 e. The van der Waals surface area contributed by atoms with Gasteiger partial charge in [0.1, 0.15) is 6.07 Å². The zero-order chi connectivity index (χ0) is 10.8. The quantitative estimate of drug-likeness (QED) is 0.747. The molecule has 15 heavy (non-hydrogen) atoms. The average molecular weight is 196 g/mol. The molecule has 0 saturated carbocycles. The Morgan fingerprint density at radius 2 is 1.93 bits per heavy atom. The molecule has 0 aliphatic heterocycles. The number of rotatable bonds is 1. The van der Waals surface area contributed by atoms with Gasteiger partial charge in [-0.05, 0) is 30.5 Å². The third kappa shape index (κ3) is 1.53. The lowest BCUT2D eigenvalue weighted by atomic mass is 9.97. The van der Waals surface area contributed by atoms with E-state index in [0.717, 1.165) is 11.1 Å². The Bertz CT molecular complexity index is 530. The molecule has 0 spiro atoms. The highest BCUT2D eigenvalue weighted by Crippen LogP contribution is 2.27. The van der Waals surface area contributed by atoms with Gasteiger partial charge in [-0.15, -0.1) is 0 Å². The van der Waals surface area contributed by atoms with Gasteiger partial charge in [0.2, 0.25) is 0 Å². The predicted octanol–water partition coefficient (Wildman–Crippen LogP) is 3.17. The smallest absolute Gasteiger partial charge is 0.101 e. The van der Waals surface area contributed by atoms with E-state index in [9.17, 15) is 0 Å². The number of aryl methyl sites for hydroxylation is 1. The van der Waals surface area contributed by atoms with E-state index in [1.807, 2.05) is 18.3 Å². The van der Waals surface area contributed by atoms with Crippen LogP contribution in [0.3, 0.4) is 0 Å². The Morgan fingerprint density at radius 1 is 1.13 bits per heavy atom. The number of H-pyrrole nitrogens is 1. The number of hydrogen-bond acceptors (Lipinski definition) is 1. The molecule has 0 aliphatic rings. The molecule has 2 nitrogen and oxygen atoms in total. The highest BCUT2D eigenvalue weighted by Gasteiger charge is 2.08. The van der Waals surface area contributed by atoms with Gasteiger partial charge in [-0.25, -0.2) is 0 Å². The molecule has 0 atom stereocenters. The number of nitrogens with zero attached hydrogens (tertiary/aromatic N) is 1. The summed E-state index contributed by atoms with van der Waals surface area (Å²) < 4.78 is 0. The molecule has 1 heterocycles. The van der Waals surface area contributed by atoms with Crippen molar-refractivity contribution in [1.29, 1.82) is 5.26 Å². The van der Waals surface area contributed by atoms with Crippen LogP contribution in [0, 0.1) is 25.2 Å². The predicted molar refractivity (Wildman–Crippen MR) is 60.4 cm³/mol. The summed E-state index contributed by atoms with van der Waals surface area (Å²) in [6, 6.07) is 8.34. The van der Waals surface area contributed by atoms with Crippen LogP contribution in [-0.4, -0.2) is 4.98 Å². The molecule has 0 aliphatic carbocycles. The van der Waals surface area contributed by atoms with E-state index in [1.54, 1.807) is 6.20 Å². The number of nitriles is 1. The van der Waals surface area contributed by atoms with E-state index in [4.69, 9.17) is 5.26 Å². The van der Waals surface area contributed by atoms with Crippen LogP contribution in [-0.2, 0) is 0 Å². The van der Waals surface area contributed by atoms with Crippen LogP contribution in [0.4, 0.5) is 0 Å². The molecule has 1 aromatic carbocycles. The van der Waals surface area contributed by atoms with Crippen molar-refractivity contribution < 1.29 is 0 Å². The average Bonchev–Trinajstić information content (AvgIpc) is 2.70. The fourth-order valence-electron chi connectivity index (χ4n) is 1.72. The molecule has 0 fully saturated rings. The van der Waals surface area contributed by atoms with E-state index >= 15 is 0 Å². The summed E-state index contributed by atoms with van der Waals surface area (Å²) in [6.45, 7) is 4.16. The van der Waals surface area contributed by atoms with Gasteiger partial charge >= 0.3 is 0 Å². The molecule has 2 rings (SSSR count). The monoisotopic (exact) mass is 196 g/mol. The van der Waals surface area contributed by atoms with E-state index < -0.39 is 0 Å². The topological polar surface area (TPSA) is 39.6 Å². The van der Waals surface area contributed by atoms with Gasteiger partial charge in [-0.2, -0.15) is 5.26 Å².